The molecule has 41 heavy (non-hydrogen) atoms. The van der Waals surface area contributed by atoms with E-state index in [4.69, 9.17) is 15.9 Å². The molecule has 1 aliphatic heterocycles. The van der Waals surface area contributed by atoms with Crippen LogP contribution in [0.3, 0.4) is 0 Å². The van der Waals surface area contributed by atoms with E-state index in [0.29, 0.717) is 0 Å². The first-order chi connectivity index (χ1) is 20.2. The normalized spacial score (nSPS) is 20.9. The Morgan fingerprint density at radius 2 is 1.66 bits per heavy atom. The SMILES string of the molecule is Nc1cccc(-c2ccc3oc4ccccc4c3c2)c1N1C2CC=CC=C2C2c3sc4c(N)cccc4c3C=CC21. The summed E-state index contributed by atoms with van der Waals surface area (Å²) in [6, 6.07) is 27.7. The summed E-state index contributed by atoms with van der Waals surface area (Å²) in [5.41, 5.74) is 23.0. The third-order valence-corrected chi connectivity index (χ3v) is 10.4. The van der Waals surface area contributed by atoms with Gasteiger partial charge in [-0.2, -0.15) is 0 Å². The van der Waals surface area contributed by atoms with Crippen molar-refractivity contribution in [3.05, 3.63) is 119 Å². The van der Waals surface area contributed by atoms with Crippen molar-refractivity contribution in [1.29, 1.82) is 0 Å². The van der Waals surface area contributed by atoms with Crippen molar-refractivity contribution in [2.24, 2.45) is 0 Å². The Morgan fingerprint density at radius 3 is 2.61 bits per heavy atom. The summed E-state index contributed by atoms with van der Waals surface area (Å²) in [5, 5.41) is 3.50. The van der Waals surface area contributed by atoms with Gasteiger partial charge in [0, 0.05) is 38.2 Å². The fraction of sp³-hybridized carbons (Fsp3) is 0.111. The van der Waals surface area contributed by atoms with Crippen molar-refractivity contribution in [3.8, 4) is 11.1 Å². The zero-order valence-corrected chi connectivity index (χ0v) is 23.1. The number of hydrogen-bond acceptors (Lipinski definition) is 5. The largest absolute Gasteiger partial charge is 0.456 e. The van der Waals surface area contributed by atoms with Gasteiger partial charge in [0.2, 0.25) is 0 Å². The molecule has 2 aliphatic carbocycles. The van der Waals surface area contributed by atoms with Gasteiger partial charge in [0.25, 0.3) is 0 Å². The number of anilines is 3. The second-order valence-corrected chi connectivity index (χ2v) is 12.3. The molecule has 5 heteroatoms. The average molecular weight is 550 g/mol. The van der Waals surface area contributed by atoms with E-state index < -0.39 is 0 Å². The van der Waals surface area contributed by atoms with E-state index >= 15 is 0 Å². The van der Waals surface area contributed by atoms with Crippen LogP contribution in [0, 0.1) is 0 Å². The van der Waals surface area contributed by atoms with E-state index in [1.54, 1.807) is 0 Å². The zero-order chi connectivity index (χ0) is 27.2. The molecule has 1 fully saturated rings. The summed E-state index contributed by atoms with van der Waals surface area (Å²) >= 11 is 1.85. The Balaban J connectivity index is 1.25. The zero-order valence-electron chi connectivity index (χ0n) is 22.2. The number of fused-ring (bicyclic) bond motifs is 10. The van der Waals surface area contributed by atoms with Crippen LogP contribution in [0.25, 0.3) is 49.2 Å². The Bertz CT molecular complexity index is 2150. The highest BCUT2D eigenvalue weighted by atomic mass is 32.1. The van der Waals surface area contributed by atoms with E-state index in [1.165, 1.54) is 26.1 Å². The molecule has 3 heterocycles. The lowest BCUT2D eigenvalue weighted by atomic mass is 9.83. The first kappa shape index (κ1) is 23.0. The van der Waals surface area contributed by atoms with Gasteiger partial charge in [-0.25, -0.2) is 0 Å². The number of nitrogens with zero attached hydrogens (tertiary/aromatic N) is 1. The van der Waals surface area contributed by atoms with Crippen molar-refractivity contribution in [2.45, 2.75) is 24.4 Å². The Labute approximate surface area is 241 Å². The molecule has 3 aliphatic rings. The number of furan rings is 1. The van der Waals surface area contributed by atoms with Gasteiger partial charge >= 0.3 is 0 Å². The van der Waals surface area contributed by atoms with Crippen molar-refractivity contribution >= 4 is 66.5 Å². The molecule has 3 unspecified atom stereocenters. The van der Waals surface area contributed by atoms with E-state index in [0.717, 1.165) is 56.5 Å². The summed E-state index contributed by atoms with van der Waals surface area (Å²) in [7, 11) is 0. The lowest BCUT2D eigenvalue weighted by Crippen LogP contribution is -2.38. The molecule has 6 aromatic rings. The van der Waals surface area contributed by atoms with Crippen LogP contribution >= 0.6 is 11.3 Å². The van der Waals surface area contributed by atoms with Gasteiger partial charge in [-0.15, -0.1) is 11.3 Å². The number of rotatable bonds is 2. The van der Waals surface area contributed by atoms with Crippen molar-refractivity contribution < 1.29 is 4.42 Å². The number of benzene rings is 4. The number of allylic oxidation sites excluding steroid dienone is 2. The number of para-hydroxylation sites is 2. The van der Waals surface area contributed by atoms with Crippen molar-refractivity contribution in [1.82, 2.24) is 0 Å². The smallest absolute Gasteiger partial charge is 0.135 e. The molecule has 0 bridgehead atoms. The van der Waals surface area contributed by atoms with E-state index in [9.17, 15) is 0 Å². The van der Waals surface area contributed by atoms with Gasteiger partial charge in [-0.1, -0.05) is 78.9 Å². The maximum atomic E-state index is 6.91. The number of nitrogens with two attached hydrogens (primary N) is 2. The number of thiophene rings is 1. The fourth-order valence-electron chi connectivity index (χ4n) is 7.35. The van der Waals surface area contributed by atoms with Crippen LogP contribution in [-0.2, 0) is 0 Å². The quantitative estimate of drug-likeness (QED) is 0.212. The number of nitrogen functional groups attached to an aromatic ring is 2. The Hall–Kier alpha value is -4.74. The molecule has 4 N–H and O–H groups in total. The molecule has 3 atom stereocenters. The number of hydrogen-bond donors (Lipinski definition) is 2. The molecule has 4 nitrogen and oxygen atoms in total. The minimum atomic E-state index is 0.162. The van der Waals surface area contributed by atoms with Gasteiger partial charge in [-0.05, 0) is 53.5 Å². The molecule has 0 amide bonds. The van der Waals surface area contributed by atoms with Crippen LogP contribution in [0.4, 0.5) is 17.1 Å². The predicted molar refractivity (Wildman–Crippen MR) is 173 cm³/mol. The van der Waals surface area contributed by atoms with Crippen LogP contribution in [0.5, 0.6) is 0 Å². The molecule has 198 valence electrons. The standard InChI is InChI=1S/C36H27N3OS/c37-27-11-5-9-21(20-15-18-32-26(19-20)22-7-2-4-14-31(22)40-32)34(27)39-29-13-3-1-8-25(29)33-30(39)17-16-24-23-10-6-12-28(38)35(23)41-36(24)33/h1-12,14-19,29-30,33H,13,37-38H2. The summed E-state index contributed by atoms with van der Waals surface area (Å²) in [6.45, 7) is 0. The van der Waals surface area contributed by atoms with E-state index in [-0.39, 0.29) is 18.0 Å². The molecule has 0 saturated carbocycles. The van der Waals surface area contributed by atoms with Crippen molar-refractivity contribution in [2.75, 3.05) is 16.4 Å². The first-order valence-corrected chi connectivity index (χ1v) is 14.9. The van der Waals surface area contributed by atoms with Crippen LogP contribution in [0.15, 0.2) is 113 Å². The first-order valence-electron chi connectivity index (χ1n) is 14.1. The van der Waals surface area contributed by atoms with Gasteiger partial charge in [0.15, 0.2) is 0 Å². The lowest BCUT2D eigenvalue weighted by Gasteiger charge is -2.35. The summed E-state index contributed by atoms with van der Waals surface area (Å²) in [4.78, 5) is 4.00. The topological polar surface area (TPSA) is 68.4 Å². The Morgan fingerprint density at radius 1 is 0.829 bits per heavy atom. The van der Waals surface area contributed by atoms with Crippen LogP contribution in [-0.4, -0.2) is 12.1 Å². The van der Waals surface area contributed by atoms with E-state index in [1.807, 2.05) is 35.6 Å². The molecule has 4 aromatic carbocycles. The summed E-state index contributed by atoms with van der Waals surface area (Å²) in [5.74, 6) is 0.259. The van der Waals surface area contributed by atoms with Crippen LogP contribution in [0.2, 0.25) is 0 Å². The highest BCUT2D eigenvalue weighted by Crippen LogP contribution is 2.56. The van der Waals surface area contributed by atoms with Crippen LogP contribution in [0.1, 0.15) is 22.8 Å². The van der Waals surface area contributed by atoms with Gasteiger partial charge < -0.3 is 20.8 Å². The molecule has 9 rings (SSSR count). The van der Waals surface area contributed by atoms with Gasteiger partial charge in [0.1, 0.15) is 11.2 Å². The maximum absolute atomic E-state index is 6.91. The monoisotopic (exact) mass is 549 g/mol. The predicted octanol–water partition coefficient (Wildman–Crippen LogP) is 8.89. The van der Waals surface area contributed by atoms with Crippen molar-refractivity contribution in [3.63, 3.8) is 0 Å². The molecule has 1 saturated heterocycles. The molecule has 2 aromatic heterocycles. The minimum Gasteiger partial charge on any atom is -0.456 e. The Kier molecular flexibility index (Phi) is 4.71. The highest BCUT2D eigenvalue weighted by molar-refractivity contribution is 7.20. The molecular formula is C36H27N3OS. The fourth-order valence-corrected chi connectivity index (χ4v) is 8.74. The summed E-state index contributed by atoms with van der Waals surface area (Å²) < 4.78 is 7.32. The average Bonchev–Trinajstić information content (AvgIpc) is 3.67. The second kappa shape index (κ2) is 8.38. The van der Waals surface area contributed by atoms with Crippen LogP contribution < -0.4 is 16.4 Å². The lowest BCUT2D eigenvalue weighted by molar-refractivity contribution is 0.669. The molecule has 0 spiro atoms. The maximum Gasteiger partial charge on any atom is 0.135 e. The summed E-state index contributed by atoms with van der Waals surface area (Å²) in [6.07, 6.45) is 12.5. The van der Waals surface area contributed by atoms with E-state index in [2.05, 4.69) is 89.9 Å². The third kappa shape index (κ3) is 3.15. The molecular weight excluding hydrogens is 522 g/mol. The highest BCUT2D eigenvalue weighted by Gasteiger charge is 2.48. The minimum absolute atomic E-state index is 0.162. The van der Waals surface area contributed by atoms with Gasteiger partial charge in [0.05, 0.1) is 28.2 Å². The van der Waals surface area contributed by atoms with Gasteiger partial charge in [-0.3, -0.25) is 0 Å². The molecule has 0 radical (unpaired) electrons. The second-order valence-electron chi connectivity index (χ2n) is 11.2. The third-order valence-electron chi connectivity index (χ3n) is 9.10.